The van der Waals surface area contributed by atoms with Crippen LogP contribution in [0.4, 0.5) is 0 Å². The molecular weight excluding hydrogens is 330 g/mol. The molecule has 0 bridgehead atoms. The van der Waals surface area contributed by atoms with E-state index in [1.54, 1.807) is 35.8 Å². The van der Waals surface area contributed by atoms with E-state index in [0.29, 0.717) is 15.7 Å². The van der Waals surface area contributed by atoms with Crippen LogP contribution in [0.15, 0.2) is 54.0 Å². The van der Waals surface area contributed by atoms with Gasteiger partial charge in [-0.15, -0.1) is 11.3 Å². The van der Waals surface area contributed by atoms with Gasteiger partial charge in [0.1, 0.15) is 10.7 Å². The fraction of sp³-hybridized carbons (Fsp3) is 0.0588. The van der Waals surface area contributed by atoms with Crippen molar-refractivity contribution in [2.45, 2.75) is 5.92 Å². The molecule has 2 heterocycles. The maximum Gasteiger partial charge on any atom is 0.205 e. The number of ketones is 1. The summed E-state index contributed by atoms with van der Waals surface area (Å²) in [5.41, 5.74) is 1.44. The smallest absolute Gasteiger partial charge is 0.205 e. The topological polar surface area (TPSA) is 66.6 Å². The number of benzene rings is 1. The Morgan fingerprint density at radius 1 is 1.22 bits per heavy atom. The predicted molar refractivity (Wildman–Crippen MR) is 89.5 cm³/mol. The second-order valence-electron chi connectivity index (χ2n) is 4.70. The number of thiazole rings is 1. The molecule has 0 spiro atoms. The second kappa shape index (κ2) is 6.69. The van der Waals surface area contributed by atoms with Crippen molar-refractivity contribution in [1.82, 2.24) is 9.97 Å². The van der Waals surface area contributed by atoms with Gasteiger partial charge in [0.2, 0.25) is 5.78 Å². The van der Waals surface area contributed by atoms with Crippen molar-refractivity contribution in [3.8, 4) is 16.6 Å². The highest BCUT2D eigenvalue weighted by molar-refractivity contribution is 7.13. The molecule has 0 amide bonds. The highest BCUT2D eigenvalue weighted by Crippen LogP contribution is 2.31. The van der Waals surface area contributed by atoms with Crippen molar-refractivity contribution in [2.24, 2.45) is 0 Å². The summed E-state index contributed by atoms with van der Waals surface area (Å²) < 4.78 is 0. The predicted octanol–water partition coefficient (Wildman–Crippen LogP) is 4.35. The number of nitriles is 1. The summed E-state index contributed by atoms with van der Waals surface area (Å²) in [4.78, 5) is 21.0. The van der Waals surface area contributed by atoms with Crippen LogP contribution in [-0.4, -0.2) is 15.8 Å². The number of aromatic nitrogens is 2. The number of pyridine rings is 1. The molecule has 0 aliphatic rings. The lowest BCUT2D eigenvalue weighted by molar-refractivity contribution is 0.0973. The molecule has 0 radical (unpaired) electrons. The number of halogens is 1. The molecule has 0 unspecified atom stereocenters. The standard InChI is InChI=1S/C17H10ClN3OS/c18-13-6-2-1-5-11(13)17-21-15(10-23-17)16(22)12(9-19)14-7-3-4-8-20-14/h1-8,10,12H/t12-/m1/s1. The van der Waals surface area contributed by atoms with Gasteiger partial charge in [-0.05, 0) is 18.2 Å². The quantitative estimate of drug-likeness (QED) is 0.663. The monoisotopic (exact) mass is 339 g/mol. The third kappa shape index (κ3) is 3.14. The zero-order chi connectivity index (χ0) is 16.2. The average Bonchev–Trinajstić information content (AvgIpc) is 3.06. The van der Waals surface area contributed by atoms with Crippen molar-refractivity contribution in [3.05, 3.63) is 70.5 Å². The van der Waals surface area contributed by atoms with E-state index in [9.17, 15) is 10.1 Å². The van der Waals surface area contributed by atoms with Gasteiger partial charge in [0, 0.05) is 17.1 Å². The van der Waals surface area contributed by atoms with Gasteiger partial charge in [-0.25, -0.2) is 4.98 Å². The third-order valence-corrected chi connectivity index (χ3v) is 4.44. The SMILES string of the molecule is N#C[C@@H](C(=O)c1csc(-c2ccccc2Cl)n1)c1ccccn1. The molecule has 1 atom stereocenters. The van der Waals surface area contributed by atoms with Crippen LogP contribution in [0, 0.1) is 11.3 Å². The zero-order valence-corrected chi connectivity index (χ0v) is 13.4. The normalized spacial score (nSPS) is 11.7. The van der Waals surface area contributed by atoms with Crippen LogP contribution in [0.3, 0.4) is 0 Å². The first-order valence-corrected chi connectivity index (χ1v) is 8.01. The lowest BCUT2D eigenvalue weighted by Crippen LogP contribution is -2.13. The molecule has 0 saturated carbocycles. The highest BCUT2D eigenvalue weighted by atomic mass is 35.5. The minimum absolute atomic E-state index is 0.252. The first kappa shape index (κ1) is 15.3. The third-order valence-electron chi connectivity index (χ3n) is 3.24. The van der Waals surface area contributed by atoms with Crippen molar-refractivity contribution >= 4 is 28.7 Å². The summed E-state index contributed by atoms with van der Waals surface area (Å²) in [6.45, 7) is 0. The van der Waals surface area contributed by atoms with Crippen LogP contribution in [0.25, 0.3) is 10.6 Å². The Hall–Kier alpha value is -2.55. The lowest BCUT2D eigenvalue weighted by Gasteiger charge is -2.05. The van der Waals surface area contributed by atoms with Crippen molar-refractivity contribution in [2.75, 3.05) is 0 Å². The van der Waals surface area contributed by atoms with Crippen LogP contribution in [-0.2, 0) is 0 Å². The molecule has 4 nitrogen and oxygen atoms in total. The van der Waals surface area contributed by atoms with E-state index in [4.69, 9.17) is 11.6 Å². The molecule has 0 aliphatic heterocycles. The fourth-order valence-corrected chi connectivity index (χ4v) is 3.23. The number of carbonyl (C=O) groups excluding carboxylic acids is 1. The van der Waals surface area contributed by atoms with E-state index in [1.807, 2.05) is 24.3 Å². The fourth-order valence-electron chi connectivity index (χ4n) is 2.10. The number of hydrogen-bond donors (Lipinski definition) is 0. The van der Waals surface area contributed by atoms with E-state index in [-0.39, 0.29) is 11.5 Å². The van der Waals surface area contributed by atoms with Gasteiger partial charge in [-0.3, -0.25) is 9.78 Å². The summed E-state index contributed by atoms with van der Waals surface area (Å²) in [5.74, 6) is -1.32. The van der Waals surface area contributed by atoms with Gasteiger partial charge >= 0.3 is 0 Å². The van der Waals surface area contributed by atoms with E-state index in [2.05, 4.69) is 9.97 Å². The highest BCUT2D eigenvalue weighted by Gasteiger charge is 2.25. The Labute approximate surface area is 142 Å². The molecule has 0 fully saturated rings. The van der Waals surface area contributed by atoms with E-state index in [0.717, 1.165) is 5.56 Å². The van der Waals surface area contributed by atoms with Gasteiger partial charge in [0.15, 0.2) is 5.92 Å². The van der Waals surface area contributed by atoms with Crippen molar-refractivity contribution in [1.29, 1.82) is 5.26 Å². The largest absolute Gasteiger partial charge is 0.290 e. The molecule has 3 aromatic rings. The summed E-state index contributed by atoms with van der Waals surface area (Å²) in [7, 11) is 0. The number of Topliss-reactive ketones (excluding diaryl/α,β-unsaturated/α-hetero) is 1. The Balaban J connectivity index is 1.93. The Morgan fingerprint density at radius 3 is 2.70 bits per heavy atom. The van der Waals surface area contributed by atoms with Crippen molar-refractivity contribution < 1.29 is 4.79 Å². The van der Waals surface area contributed by atoms with Gasteiger partial charge in [0.05, 0.1) is 16.8 Å². The van der Waals surface area contributed by atoms with Gasteiger partial charge in [-0.2, -0.15) is 5.26 Å². The van der Waals surface area contributed by atoms with Gasteiger partial charge < -0.3 is 0 Å². The van der Waals surface area contributed by atoms with Gasteiger partial charge in [-0.1, -0.05) is 35.9 Å². The van der Waals surface area contributed by atoms with Gasteiger partial charge in [0.25, 0.3) is 0 Å². The molecule has 0 aliphatic carbocycles. The van der Waals surface area contributed by atoms with Crippen LogP contribution in [0.5, 0.6) is 0 Å². The van der Waals surface area contributed by atoms with Crippen molar-refractivity contribution in [3.63, 3.8) is 0 Å². The summed E-state index contributed by atoms with van der Waals surface area (Å²) in [6, 6.07) is 14.4. The van der Waals surface area contributed by atoms with Crippen LogP contribution in [0.2, 0.25) is 5.02 Å². The van der Waals surface area contributed by atoms with Crippen LogP contribution in [0.1, 0.15) is 22.1 Å². The first-order valence-electron chi connectivity index (χ1n) is 6.76. The summed E-state index contributed by atoms with van der Waals surface area (Å²) in [6.07, 6.45) is 1.56. The number of hydrogen-bond acceptors (Lipinski definition) is 5. The number of nitrogens with zero attached hydrogens (tertiary/aromatic N) is 3. The summed E-state index contributed by atoms with van der Waals surface area (Å²) >= 11 is 7.47. The Kier molecular flexibility index (Phi) is 4.47. The molecule has 0 N–H and O–H groups in total. The minimum Gasteiger partial charge on any atom is -0.290 e. The first-order chi connectivity index (χ1) is 11.2. The maximum atomic E-state index is 12.6. The zero-order valence-electron chi connectivity index (χ0n) is 11.8. The van der Waals surface area contributed by atoms with E-state index >= 15 is 0 Å². The molecule has 3 rings (SSSR count). The van der Waals surface area contributed by atoms with Crippen LogP contribution >= 0.6 is 22.9 Å². The molecule has 6 heteroatoms. The molecule has 23 heavy (non-hydrogen) atoms. The number of carbonyl (C=O) groups is 1. The maximum absolute atomic E-state index is 12.6. The molecule has 2 aromatic heterocycles. The summed E-state index contributed by atoms with van der Waals surface area (Å²) in [5, 5.41) is 12.2. The van der Waals surface area contributed by atoms with Crippen LogP contribution < -0.4 is 0 Å². The molecule has 112 valence electrons. The minimum atomic E-state index is -0.961. The van der Waals surface area contributed by atoms with E-state index < -0.39 is 5.92 Å². The molecular formula is C17H10ClN3OS. The molecule has 0 saturated heterocycles. The Morgan fingerprint density at radius 2 is 2.00 bits per heavy atom. The van der Waals surface area contributed by atoms with E-state index in [1.165, 1.54) is 11.3 Å². The Bertz CT molecular complexity index is 886. The lowest BCUT2D eigenvalue weighted by atomic mass is 9.99. The average molecular weight is 340 g/mol. The second-order valence-corrected chi connectivity index (χ2v) is 5.96. The molecule has 1 aromatic carbocycles. The number of rotatable bonds is 4.